The SMILES string of the molecule is N#C/C(=C/N(Cc1ccccc1)Cc1ccccc1)C(=O)NCc1ccc(Cl)cc1. The number of amides is 1. The van der Waals surface area contributed by atoms with Gasteiger partial charge in [-0.2, -0.15) is 5.26 Å². The zero-order chi connectivity index (χ0) is 21.2. The number of benzene rings is 3. The predicted molar refractivity (Wildman–Crippen MR) is 119 cm³/mol. The maximum absolute atomic E-state index is 12.6. The summed E-state index contributed by atoms with van der Waals surface area (Å²) in [6.07, 6.45) is 1.64. The minimum atomic E-state index is -0.404. The molecule has 3 aromatic carbocycles. The molecule has 3 rings (SSSR count). The molecule has 0 saturated heterocycles. The van der Waals surface area contributed by atoms with E-state index in [2.05, 4.69) is 5.32 Å². The topological polar surface area (TPSA) is 56.1 Å². The van der Waals surface area contributed by atoms with E-state index in [-0.39, 0.29) is 5.57 Å². The van der Waals surface area contributed by atoms with Crippen LogP contribution in [-0.2, 0) is 24.4 Å². The van der Waals surface area contributed by atoms with E-state index in [9.17, 15) is 10.1 Å². The van der Waals surface area contributed by atoms with Crippen molar-refractivity contribution in [2.24, 2.45) is 0 Å². The number of rotatable bonds is 8. The Hall–Kier alpha value is -3.55. The molecule has 0 aliphatic carbocycles. The standard InChI is InChI=1S/C25H22ClN3O/c26-24-13-11-20(12-14-24)16-28-25(30)23(15-27)19-29(17-21-7-3-1-4-8-21)18-22-9-5-2-6-10-22/h1-14,19H,16-18H2,(H,28,30)/b23-19-. The molecule has 0 heterocycles. The molecule has 0 saturated carbocycles. The smallest absolute Gasteiger partial charge is 0.263 e. The molecule has 3 aromatic rings. The molecular formula is C25H22ClN3O. The van der Waals surface area contributed by atoms with Gasteiger partial charge in [0.15, 0.2) is 0 Å². The van der Waals surface area contributed by atoms with Crippen LogP contribution < -0.4 is 5.32 Å². The van der Waals surface area contributed by atoms with E-state index in [1.165, 1.54) is 0 Å². The molecule has 0 aromatic heterocycles. The minimum Gasteiger partial charge on any atom is -0.367 e. The van der Waals surface area contributed by atoms with Gasteiger partial charge in [0.2, 0.25) is 0 Å². The molecule has 1 amide bonds. The molecule has 4 nitrogen and oxygen atoms in total. The lowest BCUT2D eigenvalue weighted by molar-refractivity contribution is -0.117. The molecule has 1 N–H and O–H groups in total. The zero-order valence-corrected chi connectivity index (χ0v) is 17.2. The first kappa shape index (κ1) is 21.2. The van der Waals surface area contributed by atoms with Crippen molar-refractivity contribution in [2.45, 2.75) is 19.6 Å². The van der Waals surface area contributed by atoms with Crippen LogP contribution in [0.25, 0.3) is 0 Å². The Labute approximate surface area is 182 Å². The van der Waals surface area contributed by atoms with Gasteiger partial charge in [0.25, 0.3) is 5.91 Å². The Bertz CT molecular complexity index is 984. The number of halogens is 1. The van der Waals surface area contributed by atoms with Gasteiger partial charge in [0.05, 0.1) is 0 Å². The second-order valence-corrected chi connectivity index (χ2v) is 7.28. The van der Waals surface area contributed by atoms with Crippen LogP contribution in [0.1, 0.15) is 16.7 Å². The van der Waals surface area contributed by atoms with Crippen LogP contribution in [0.5, 0.6) is 0 Å². The van der Waals surface area contributed by atoms with Crippen LogP contribution in [0.15, 0.2) is 96.7 Å². The fourth-order valence-electron chi connectivity index (χ4n) is 2.98. The lowest BCUT2D eigenvalue weighted by Crippen LogP contribution is -2.26. The second-order valence-electron chi connectivity index (χ2n) is 6.84. The van der Waals surface area contributed by atoms with E-state index in [0.29, 0.717) is 24.7 Å². The fourth-order valence-corrected chi connectivity index (χ4v) is 3.11. The third-order valence-electron chi connectivity index (χ3n) is 4.50. The molecule has 0 aliphatic rings. The zero-order valence-electron chi connectivity index (χ0n) is 16.5. The molecule has 0 spiro atoms. The highest BCUT2D eigenvalue weighted by atomic mass is 35.5. The van der Waals surface area contributed by atoms with Crippen molar-refractivity contribution >= 4 is 17.5 Å². The van der Waals surface area contributed by atoms with E-state index >= 15 is 0 Å². The average molecular weight is 416 g/mol. The maximum atomic E-state index is 12.6. The second kappa shape index (κ2) is 10.8. The summed E-state index contributed by atoms with van der Waals surface area (Å²) in [5.41, 5.74) is 3.18. The Balaban J connectivity index is 1.74. The Kier molecular flexibility index (Phi) is 7.65. The summed E-state index contributed by atoms with van der Waals surface area (Å²) >= 11 is 5.89. The first-order valence-electron chi connectivity index (χ1n) is 9.60. The first-order chi connectivity index (χ1) is 14.6. The molecule has 0 radical (unpaired) electrons. The highest BCUT2D eigenvalue weighted by Crippen LogP contribution is 2.13. The van der Waals surface area contributed by atoms with E-state index in [0.717, 1.165) is 16.7 Å². The lowest BCUT2D eigenvalue weighted by Gasteiger charge is -2.21. The molecule has 150 valence electrons. The Morgan fingerprint density at radius 3 is 1.90 bits per heavy atom. The van der Waals surface area contributed by atoms with E-state index < -0.39 is 5.91 Å². The fraction of sp³-hybridized carbons (Fsp3) is 0.120. The van der Waals surface area contributed by atoms with Crippen LogP contribution >= 0.6 is 11.6 Å². The molecular weight excluding hydrogens is 394 g/mol. The molecule has 0 unspecified atom stereocenters. The third kappa shape index (κ3) is 6.51. The van der Waals surface area contributed by atoms with E-state index in [1.54, 1.807) is 18.3 Å². The number of hydrogen-bond acceptors (Lipinski definition) is 3. The summed E-state index contributed by atoms with van der Waals surface area (Å²) in [6.45, 7) is 1.50. The Morgan fingerprint density at radius 1 is 0.867 bits per heavy atom. The van der Waals surface area contributed by atoms with Gasteiger partial charge in [-0.25, -0.2) is 0 Å². The monoisotopic (exact) mass is 415 g/mol. The van der Waals surface area contributed by atoms with Crippen LogP contribution in [0.2, 0.25) is 5.02 Å². The van der Waals surface area contributed by atoms with Crippen molar-refractivity contribution in [2.75, 3.05) is 0 Å². The summed E-state index contributed by atoms with van der Waals surface area (Å²) in [6, 6.07) is 29.2. The minimum absolute atomic E-state index is 0.0656. The maximum Gasteiger partial charge on any atom is 0.263 e. The summed E-state index contributed by atoms with van der Waals surface area (Å²) in [5.74, 6) is -0.404. The van der Waals surface area contributed by atoms with Gasteiger partial charge in [-0.15, -0.1) is 0 Å². The van der Waals surface area contributed by atoms with Crippen LogP contribution in [0.3, 0.4) is 0 Å². The highest BCUT2D eigenvalue weighted by molar-refractivity contribution is 6.30. The van der Waals surface area contributed by atoms with Crippen molar-refractivity contribution in [3.8, 4) is 6.07 Å². The molecule has 0 bridgehead atoms. The molecule has 30 heavy (non-hydrogen) atoms. The van der Waals surface area contributed by atoms with Crippen molar-refractivity contribution in [1.82, 2.24) is 10.2 Å². The normalized spacial score (nSPS) is 10.9. The van der Waals surface area contributed by atoms with E-state index in [4.69, 9.17) is 11.6 Å². The quantitative estimate of drug-likeness (QED) is 0.413. The predicted octanol–water partition coefficient (Wildman–Crippen LogP) is 5.07. The number of carbonyl (C=O) groups excluding carboxylic acids is 1. The van der Waals surface area contributed by atoms with Gasteiger partial charge in [-0.05, 0) is 28.8 Å². The first-order valence-corrected chi connectivity index (χ1v) is 9.98. The van der Waals surface area contributed by atoms with Crippen molar-refractivity contribution in [3.63, 3.8) is 0 Å². The van der Waals surface area contributed by atoms with Crippen molar-refractivity contribution < 1.29 is 4.79 Å². The highest BCUT2D eigenvalue weighted by Gasteiger charge is 2.12. The number of hydrogen-bond donors (Lipinski definition) is 1. The Morgan fingerprint density at radius 2 is 1.40 bits per heavy atom. The molecule has 5 heteroatoms. The summed E-state index contributed by atoms with van der Waals surface area (Å²) in [4.78, 5) is 14.6. The van der Waals surface area contributed by atoms with Gasteiger partial charge in [0, 0.05) is 30.9 Å². The molecule has 0 fully saturated rings. The van der Waals surface area contributed by atoms with Gasteiger partial charge in [-0.3, -0.25) is 4.79 Å². The van der Waals surface area contributed by atoms with Crippen LogP contribution in [0, 0.1) is 11.3 Å². The number of nitrogens with zero attached hydrogens (tertiary/aromatic N) is 2. The van der Waals surface area contributed by atoms with Crippen LogP contribution in [-0.4, -0.2) is 10.8 Å². The van der Waals surface area contributed by atoms with Gasteiger partial charge >= 0.3 is 0 Å². The largest absolute Gasteiger partial charge is 0.367 e. The average Bonchev–Trinajstić information content (AvgIpc) is 2.78. The van der Waals surface area contributed by atoms with Crippen molar-refractivity contribution in [1.29, 1.82) is 5.26 Å². The molecule has 0 aliphatic heterocycles. The van der Waals surface area contributed by atoms with Gasteiger partial charge in [0.1, 0.15) is 11.6 Å². The van der Waals surface area contributed by atoms with Crippen molar-refractivity contribution in [3.05, 3.63) is 118 Å². The number of carbonyl (C=O) groups is 1. The third-order valence-corrected chi connectivity index (χ3v) is 4.75. The number of nitriles is 1. The lowest BCUT2D eigenvalue weighted by atomic mass is 10.1. The summed E-state index contributed by atoms with van der Waals surface area (Å²) < 4.78 is 0. The molecule has 0 atom stereocenters. The van der Waals surface area contributed by atoms with Gasteiger partial charge < -0.3 is 10.2 Å². The summed E-state index contributed by atoms with van der Waals surface area (Å²) in [5, 5.41) is 13.0. The van der Waals surface area contributed by atoms with Crippen LogP contribution in [0.4, 0.5) is 0 Å². The van der Waals surface area contributed by atoms with E-state index in [1.807, 2.05) is 83.8 Å². The number of nitrogens with one attached hydrogen (secondary N) is 1. The van der Waals surface area contributed by atoms with Gasteiger partial charge in [-0.1, -0.05) is 84.4 Å². The summed E-state index contributed by atoms with van der Waals surface area (Å²) in [7, 11) is 0.